The normalized spacial score (nSPS) is 10.5. The van der Waals surface area contributed by atoms with Crippen molar-refractivity contribution in [3.63, 3.8) is 0 Å². The SMILES string of the molecule is CNc1cncc(C(=O)Nc2nc(C(C)C)cs2)n1. The van der Waals surface area contributed by atoms with Crippen LogP contribution in [-0.2, 0) is 0 Å². The van der Waals surface area contributed by atoms with Gasteiger partial charge >= 0.3 is 0 Å². The Bertz CT molecular complexity index is 581. The lowest BCUT2D eigenvalue weighted by atomic mass is 10.2. The largest absolute Gasteiger partial charge is 0.372 e. The van der Waals surface area contributed by atoms with Crippen LogP contribution in [0.2, 0.25) is 0 Å². The summed E-state index contributed by atoms with van der Waals surface area (Å²) >= 11 is 1.40. The molecule has 1 amide bonds. The molecule has 0 aliphatic heterocycles. The molecule has 0 aliphatic rings. The van der Waals surface area contributed by atoms with E-state index >= 15 is 0 Å². The molecule has 2 aromatic heterocycles. The predicted octanol–water partition coefficient (Wildman–Crippen LogP) is 2.35. The lowest BCUT2D eigenvalue weighted by Gasteiger charge is -2.03. The first-order valence-corrected chi connectivity index (χ1v) is 6.74. The van der Waals surface area contributed by atoms with Crippen LogP contribution in [0.1, 0.15) is 35.9 Å². The Morgan fingerprint density at radius 3 is 2.74 bits per heavy atom. The molecule has 0 fully saturated rings. The lowest BCUT2D eigenvalue weighted by Crippen LogP contribution is -2.14. The third-order valence-electron chi connectivity index (χ3n) is 2.46. The van der Waals surface area contributed by atoms with Crippen LogP contribution >= 0.6 is 11.3 Å². The molecule has 2 aromatic rings. The molecule has 0 aromatic carbocycles. The first-order chi connectivity index (χ1) is 9.10. The number of hydrogen-bond acceptors (Lipinski definition) is 6. The van der Waals surface area contributed by atoms with Crippen LogP contribution in [0.5, 0.6) is 0 Å². The van der Waals surface area contributed by atoms with E-state index in [0.717, 1.165) is 5.69 Å². The van der Waals surface area contributed by atoms with E-state index in [4.69, 9.17) is 0 Å². The van der Waals surface area contributed by atoms with Crippen molar-refractivity contribution in [1.29, 1.82) is 0 Å². The van der Waals surface area contributed by atoms with Gasteiger partial charge < -0.3 is 5.32 Å². The zero-order valence-corrected chi connectivity index (χ0v) is 11.8. The number of hydrogen-bond donors (Lipinski definition) is 2. The van der Waals surface area contributed by atoms with Crippen LogP contribution in [0.3, 0.4) is 0 Å². The minimum absolute atomic E-state index is 0.258. The number of aromatic nitrogens is 3. The molecular weight excluding hydrogens is 262 g/mol. The molecule has 0 radical (unpaired) electrons. The van der Waals surface area contributed by atoms with E-state index in [1.165, 1.54) is 17.5 Å². The van der Waals surface area contributed by atoms with Crippen LogP contribution in [0.25, 0.3) is 0 Å². The molecule has 0 bridgehead atoms. The highest BCUT2D eigenvalue weighted by Gasteiger charge is 2.12. The van der Waals surface area contributed by atoms with Gasteiger partial charge in [-0.1, -0.05) is 13.8 Å². The summed E-state index contributed by atoms with van der Waals surface area (Å²) in [6, 6.07) is 0. The average Bonchev–Trinajstić information content (AvgIpc) is 2.87. The summed E-state index contributed by atoms with van der Waals surface area (Å²) in [6.07, 6.45) is 2.98. The Morgan fingerprint density at radius 2 is 2.11 bits per heavy atom. The van der Waals surface area contributed by atoms with Crippen LogP contribution in [0, 0.1) is 0 Å². The van der Waals surface area contributed by atoms with Gasteiger partial charge in [-0.05, 0) is 5.92 Å². The zero-order valence-electron chi connectivity index (χ0n) is 11.0. The van der Waals surface area contributed by atoms with Crippen molar-refractivity contribution in [2.24, 2.45) is 0 Å². The molecule has 0 spiro atoms. The maximum Gasteiger partial charge on any atom is 0.277 e. The number of nitrogens with one attached hydrogen (secondary N) is 2. The van der Waals surface area contributed by atoms with Crippen molar-refractivity contribution in [3.8, 4) is 0 Å². The maximum absolute atomic E-state index is 12.0. The standard InChI is InChI=1S/C12H15N5OS/c1-7(2)9-6-19-12(16-9)17-11(18)8-4-14-5-10(13-3)15-8/h4-7H,1-3H3,(H,13,15)(H,16,17,18). The highest BCUT2D eigenvalue weighted by Crippen LogP contribution is 2.21. The molecule has 7 heteroatoms. The molecule has 0 unspecified atom stereocenters. The summed E-state index contributed by atoms with van der Waals surface area (Å²) in [6.45, 7) is 4.12. The van der Waals surface area contributed by atoms with Crippen LogP contribution in [0.15, 0.2) is 17.8 Å². The molecule has 0 aliphatic carbocycles. The molecular formula is C12H15N5OS. The van der Waals surface area contributed by atoms with E-state index in [9.17, 15) is 4.79 Å². The van der Waals surface area contributed by atoms with Gasteiger partial charge in [0.15, 0.2) is 5.13 Å². The molecule has 19 heavy (non-hydrogen) atoms. The number of thiazole rings is 1. The van der Waals surface area contributed by atoms with Gasteiger partial charge in [-0.15, -0.1) is 11.3 Å². The zero-order chi connectivity index (χ0) is 13.8. The third-order valence-corrected chi connectivity index (χ3v) is 3.23. The van der Waals surface area contributed by atoms with Gasteiger partial charge in [-0.25, -0.2) is 9.97 Å². The fourth-order valence-corrected chi connectivity index (χ4v) is 2.23. The summed E-state index contributed by atoms with van der Waals surface area (Å²) in [4.78, 5) is 24.4. The fraction of sp³-hybridized carbons (Fsp3) is 0.333. The topological polar surface area (TPSA) is 79.8 Å². The Kier molecular flexibility index (Phi) is 4.06. The highest BCUT2D eigenvalue weighted by molar-refractivity contribution is 7.14. The number of carbonyl (C=O) groups excluding carboxylic acids is 1. The molecule has 0 saturated carbocycles. The van der Waals surface area contributed by atoms with E-state index < -0.39 is 0 Å². The van der Waals surface area contributed by atoms with Crippen LogP contribution < -0.4 is 10.6 Å². The second kappa shape index (κ2) is 5.75. The average molecular weight is 277 g/mol. The van der Waals surface area contributed by atoms with E-state index in [1.807, 2.05) is 5.38 Å². The van der Waals surface area contributed by atoms with Gasteiger partial charge in [0.05, 0.1) is 18.1 Å². The molecule has 2 N–H and O–H groups in total. The number of nitrogens with zero attached hydrogens (tertiary/aromatic N) is 3. The molecule has 100 valence electrons. The van der Waals surface area contributed by atoms with Gasteiger partial charge in [-0.2, -0.15) is 0 Å². The van der Waals surface area contributed by atoms with Crippen molar-refractivity contribution < 1.29 is 4.79 Å². The third kappa shape index (κ3) is 3.25. The summed E-state index contributed by atoms with van der Waals surface area (Å²) in [7, 11) is 1.72. The van der Waals surface area contributed by atoms with Crippen LogP contribution in [0.4, 0.5) is 10.9 Å². The van der Waals surface area contributed by atoms with E-state index in [2.05, 4.69) is 39.4 Å². The summed E-state index contributed by atoms with van der Waals surface area (Å²) in [5, 5.41) is 8.08. The van der Waals surface area contributed by atoms with Gasteiger partial charge in [0.25, 0.3) is 5.91 Å². The van der Waals surface area contributed by atoms with Crippen molar-refractivity contribution in [2.45, 2.75) is 19.8 Å². The fourth-order valence-electron chi connectivity index (χ4n) is 1.37. The van der Waals surface area contributed by atoms with E-state index in [-0.39, 0.29) is 11.6 Å². The van der Waals surface area contributed by atoms with Crippen molar-refractivity contribution >= 4 is 28.2 Å². The molecule has 2 rings (SSSR count). The quantitative estimate of drug-likeness (QED) is 0.896. The van der Waals surface area contributed by atoms with Crippen molar-refractivity contribution in [1.82, 2.24) is 15.0 Å². The van der Waals surface area contributed by atoms with Gasteiger partial charge in [0.1, 0.15) is 11.5 Å². The van der Waals surface area contributed by atoms with Crippen molar-refractivity contribution in [3.05, 3.63) is 29.2 Å². The number of carbonyl (C=O) groups is 1. The Morgan fingerprint density at radius 1 is 1.32 bits per heavy atom. The van der Waals surface area contributed by atoms with Crippen molar-refractivity contribution in [2.75, 3.05) is 17.7 Å². The van der Waals surface area contributed by atoms with Gasteiger partial charge in [0.2, 0.25) is 0 Å². The molecule has 0 saturated heterocycles. The summed E-state index contributed by atoms with van der Waals surface area (Å²) in [5.74, 6) is 0.582. The summed E-state index contributed by atoms with van der Waals surface area (Å²) < 4.78 is 0. The first kappa shape index (κ1) is 13.4. The number of anilines is 2. The Balaban J connectivity index is 2.11. The van der Waals surface area contributed by atoms with E-state index in [0.29, 0.717) is 16.9 Å². The van der Waals surface area contributed by atoms with Gasteiger partial charge in [-0.3, -0.25) is 15.1 Å². The second-order valence-corrected chi connectivity index (χ2v) is 5.08. The number of amides is 1. The monoisotopic (exact) mass is 277 g/mol. The van der Waals surface area contributed by atoms with E-state index in [1.54, 1.807) is 13.2 Å². The second-order valence-electron chi connectivity index (χ2n) is 4.23. The minimum atomic E-state index is -0.311. The lowest BCUT2D eigenvalue weighted by molar-refractivity contribution is 0.102. The minimum Gasteiger partial charge on any atom is -0.372 e. The molecule has 6 nitrogen and oxygen atoms in total. The van der Waals surface area contributed by atoms with Crippen LogP contribution in [-0.4, -0.2) is 27.9 Å². The smallest absolute Gasteiger partial charge is 0.277 e. The first-order valence-electron chi connectivity index (χ1n) is 5.86. The summed E-state index contributed by atoms with van der Waals surface area (Å²) in [5.41, 5.74) is 1.23. The molecule has 2 heterocycles. The molecule has 0 atom stereocenters. The number of rotatable bonds is 4. The highest BCUT2D eigenvalue weighted by atomic mass is 32.1. The Hall–Kier alpha value is -2.02. The predicted molar refractivity (Wildman–Crippen MR) is 75.7 cm³/mol. The maximum atomic E-state index is 12.0. The Labute approximate surface area is 115 Å². The van der Waals surface area contributed by atoms with Gasteiger partial charge in [0, 0.05) is 12.4 Å².